The Labute approximate surface area is 245 Å². The lowest BCUT2D eigenvalue weighted by molar-refractivity contribution is 0.392. The van der Waals surface area contributed by atoms with Gasteiger partial charge in [0.05, 0.1) is 0 Å². The van der Waals surface area contributed by atoms with Crippen LogP contribution in [0.4, 0.5) is 22.7 Å². The molecule has 0 bridgehead atoms. The Morgan fingerprint density at radius 3 is 1.93 bits per heavy atom. The van der Waals surface area contributed by atoms with E-state index in [1.54, 1.807) is 0 Å². The summed E-state index contributed by atoms with van der Waals surface area (Å²) >= 11 is 0. The van der Waals surface area contributed by atoms with Gasteiger partial charge in [-0.05, 0) is 96.3 Å². The topological polar surface area (TPSA) is 6.48 Å². The molecule has 0 saturated carbocycles. The fourth-order valence-electron chi connectivity index (χ4n) is 7.26. The number of hydrogen-bond donors (Lipinski definition) is 0. The number of para-hydroxylation sites is 3. The third-order valence-corrected chi connectivity index (χ3v) is 9.34. The quantitative estimate of drug-likeness (QED) is 0.227. The fourth-order valence-corrected chi connectivity index (χ4v) is 7.26. The van der Waals surface area contributed by atoms with Crippen LogP contribution in [-0.2, 0) is 5.41 Å². The van der Waals surface area contributed by atoms with Gasteiger partial charge in [-0.25, -0.2) is 0 Å². The molecule has 4 aromatic rings. The van der Waals surface area contributed by atoms with Crippen LogP contribution in [0.5, 0.6) is 0 Å². The van der Waals surface area contributed by atoms with Gasteiger partial charge in [-0.3, -0.25) is 0 Å². The molecule has 4 aromatic carbocycles. The van der Waals surface area contributed by atoms with Crippen molar-refractivity contribution in [3.05, 3.63) is 156 Å². The van der Waals surface area contributed by atoms with Crippen LogP contribution in [-0.4, -0.2) is 6.04 Å². The zero-order valence-corrected chi connectivity index (χ0v) is 24.0. The van der Waals surface area contributed by atoms with Crippen LogP contribution in [0.15, 0.2) is 145 Å². The lowest BCUT2D eigenvalue weighted by Crippen LogP contribution is -2.32. The zero-order valence-electron chi connectivity index (χ0n) is 24.0. The molecule has 3 aliphatic rings. The average Bonchev–Trinajstić information content (AvgIpc) is 3.25. The molecule has 41 heavy (non-hydrogen) atoms. The van der Waals surface area contributed by atoms with Crippen molar-refractivity contribution in [1.29, 1.82) is 0 Å². The molecule has 0 fully saturated rings. The summed E-state index contributed by atoms with van der Waals surface area (Å²) in [6.45, 7) is 4.89. The number of rotatable bonds is 6. The number of nitrogens with zero attached hydrogens (tertiary/aromatic N) is 2. The van der Waals surface area contributed by atoms with Crippen molar-refractivity contribution in [3.63, 3.8) is 0 Å². The molecule has 2 heteroatoms. The summed E-state index contributed by atoms with van der Waals surface area (Å²) in [4.78, 5) is 4.98. The summed E-state index contributed by atoms with van der Waals surface area (Å²) in [6, 6.07) is 40.2. The summed E-state index contributed by atoms with van der Waals surface area (Å²) in [6.07, 6.45) is 15.4. The van der Waals surface area contributed by atoms with Crippen molar-refractivity contribution in [1.82, 2.24) is 0 Å². The molecule has 204 valence electrons. The van der Waals surface area contributed by atoms with Gasteiger partial charge in [-0.2, -0.15) is 0 Å². The molecule has 0 radical (unpaired) electrons. The number of allylic oxidation sites excluding steroid dienone is 4. The Balaban J connectivity index is 1.28. The summed E-state index contributed by atoms with van der Waals surface area (Å²) in [7, 11) is 0. The van der Waals surface area contributed by atoms with Gasteiger partial charge in [-0.15, -0.1) is 0 Å². The van der Waals surface area contributed by atoms with E-state index in [2.05, 4.69) is 163 Å². The minimum atomic E-state index is -0.000108. The largest absolute Gasteiger partial charge is 0.338 e. The van der Waals surface area contributed by atoms with E-state index < -0.39 is 0 Å². The second kappa shape index (κ2) is 10.6. The molecular formula is C39H38N2. The fraction of sp³-hybridized carbons (Fsp3) is 0.231. The highest BCUT2D eigenvalue weighted by Gasteiger charge is 2.46. The van der Waals surface area contributed by atoms with Gasteiger partial charge in [-0.1, -0.05) is 98.8 Å². The van der Waals surface area contributed by atoms with Crippen molar-refractivity contribution < 1.29 is 0 Å². The van der Waals surface area contributed by atoms with E-state index >= 15 is 0 Å². The monoisotopic (exact) mass is 534 g/mol. The second-order valence-electron chi connectivity index (χ2n) is 12.1. The molecule has 2 nitrogen and oxygen atoms in total. The number of anilines is 4. The number of fused-ring (bicyclic) bond motifs is 3. The van der Waals surface area contributed by atoms with Crippen LogP contribution >= 0.6 is 0 Å². The van der Waals surface area contributed by atoms with Crippen LogP contribution < -0.4 is 9.80 Å². The molecule has 0 aliphatic heterocycles. The Morgan fingerprint density at radius 1 is 0.683 bits per heavy atom. The maximum atomic E-state index is 2.59. The first-order chi connectivity index (χ1) is 20.1. The van der Waals surface area contributed by atoms with Gasteiger partial charge < -0.3 is 9.80 Å². The lowest BCUT2D eigenvalue weighted by atomic mass is 9.74. The van der Waals surface area contributed by atoms with Crippen molar-refractivity contribution >= 4 is 22.7 Å². The van der Waals surface area contributed by atoms with E-state index in [0.29, 0.717) is 17.9 Å². The highest BCUT2D eigenvalue weighted by atomic mass is 15.2. The summed E-state index contributed by atoms with van der Waals surface area (Å²) in [5.41, 5.74) is 9.15. The molecule has 7 rings (SSSR count). The molecule has 0 heterocycles. The lowest BCUT2D eigenvalue weighted by Gasteiger charge is -2.36. The van der Waals surface area contributed by atoms with Crippen LogP contribution in [0, 0.1) is 5.92 Å². The minimum Gasteiger partial charge on any atom is -0.338 e. The van der Waals surface area contributed by atoms with Crippen LogP contribution in [0.2, 0.25) is 0 Å². The summed E-state index contributed by atoms with van der Waals surface area (Å²) < 4.78 is 0. The van der Waals surface area contributed by atoms with Gasteiger partial charge in [0.15, 0.2) is 0 Å². The highest BCUT2D eigenvalue weighted by Crippen LogP contribution is 2.55. The average molecular weight is 535 g/mol. The highest BCUT2D eigenvalue weighted by molar-refractivity contribution is 5.72. The van der Waals surface area contributed by atoms with Gasteiger partial charge in [0.1, 0.15) is 0 Å². The third kappa shape index (κ3) is 4.62. The SMILES string of the molecule is CC1(C)c2cc(N(c3ccccc3)C3CC=CCC3)ccc2C2C=CC(N(c3ccccc3)c3ccccc3)=CC21. The molecule has 3 aliphatic carbocycles. The van der Waals surface area contributed by atoms with E-state index in [4.69, 9.17) is 0 Å². The van der Waals surface area contributed by atoms with Crippen molar-refractivity contribution in [2.75, 3.05) is 9.80 Å². The first-order valence-electron chi connectivity index (χ1n) is 15.1. The van der Waals surface area contributed by atoms with Gasteiger partial charge >= 0.3 is 0 Å². The van der Waals surface area contributed by atoms with Gasteiger partial charge in [0.2, 0.25) is 0 Å². The van der Waals surface area contributed by atoms with E-state index in [-0.39, 0.29) is 5.41 Å². The third-order valence-electron chi connectivity index (χ3n) is 9.34. The van der Waals surface area contributed by atoms with E-state index in [1.807, 2.05) is 0 Å². The summed E-state index contributed by atoms with van der Waals surface area (Å²) in [5, 5.41) is 0. The molecule has 3 atom stereocenters. The molecular weight excluding hydrogens is 496 g/mol. The van der Waals surface area contributed by atoms with Crippen molar-refractivity contribution in [3.8, 4) is 0 Å². The van der Waals surface area contributed by atoms with E-state index in [1.165, 1.54) is 46.0 Å². The Hall–Kier alpha value is -4.30. The number of hydrogen-bond acceptors (Lipinski definition) is 2. The summed E-state index contributed by atoms with van der Waals surface area (Å²) in [5.74, 6) is 0.763. The molecule has 0 saturated heterocycles. The smallest absolute Gasteiger partial charge is 0.0461 e. The van der Waals surface area contributed by atoms with Gasteiger partial charge in [0.25, 0.3) is 0 Å². The van der Waals surface area contributed by atoms with Crippen LogP contribution in [0.1, 0.15) is 50.2 Å². The standard InChI is InChI=1S/C39H38N2/c1-39(2)37-27-33(40(29-15-7-3-8-16-29)30-17-9-4-10-18-30)23-25-35(37)36-26-24-34(28-38(36)39)41(31-19-11-5-12-20-31)32-21-13-6-14-22-32/h3-13,15-20,23-28,32,35,37H,14,21-22H2,1-2H3. The van der Waals surface area contributed by atoms with E-state index in [9.17, 15) is 0 Å². The Bertz CT molecular complexity index is 1560. The van der Waals surface area contributed by atoms with Crippen molar-refractivity contribution in [2.45, 2.75) is 50.5 Å². The zero-order chi connectivity index (χ0) is 27.8. The molecule has 0 aromatic heterocycles. The first-order valence-corrected chi connectivity index (χ1v) is 15.1. The molecule has 0 amide bonds. The maximum absolute atomic E-state index is 2.59. The predicted octanol–water partition coefficient (Wildman–Crippen LogP) is 10.2. The predicted molar refractivity (Wildman–Crippen MR) is 173 cm³/mol. The van der Waals surface area contributed by atoms with E-state index in [0.717, 1.165) is 12.8 Å². The van der Waals surface area contributed by atoms with Gasteiger partial charge in [0, 0.05) is 40.4 Å². The van der Waals surface area contributed by atoms with Crippen molar-refractivity contribution in [2.24, 2.45) is 5.92 Å². The molecule has 0 N–H and O–H groups in total. The normalized spacial score (nSPS) is 22.0. The van der Waals surface area contributed by atoms with Crippen LogP contribution in [0.3, 0.4) is 0 Å². The minimum absolute atomic E-state index is 0.000108. The van der Waals surface area contributed by atoms with Crippen LogP contribution in [0.25, 0.3) is 0 Å². The Morgan fingerprint density at radius 2 is 1.32 bits per heavy atom. The number of benzene rings is 4. The maximum Gasteiger partial charge on any atom is 0.0461 e. The molecule has 0 spiro atoms. The molecule has 3 unspecified atom stereocenters. The Kier molecular flexibility index (Phi) is 6.63. The first kappa shape index (κ1) is 25.7. The second-order valence-corrected chi connectivity index (χ2v) is 12.1.